The molecule has 0 saturated carbocycles. The number of carboxylic acids is 1. The predicted octanol–water partition coefficient (Wildman–Crippen LogP) is 4.42. The average Bonchev–Trinajstić information content (AvgIpc) is 2.73. The van der Waals surface area contributed by atoms with Gasteiger partial charge in [0, 0.05) is 11.1 Å². The Hall–Kier alpha value is -3.99. The molecule has 0 bridgehead atoms. The van der Waals surface area contributed by atoms with E-state index in [1.807, 2.05) is 19.1 Å². The molecule has 0 atom stereocenters. The van der Waals surface area contributed by atoms with Gasteiger partial charge in [-0.25, -0.2) is 9.69 Å². The third kappa shape index (κ3) is 3.23. The number of carboxylic acid groups (broad SMARTS) is 1. The number of carbonyl (C=O) groups is 3. The highest BCUT2D eigenvalue weighted by Gasteiger charge is 2.36. The van der Waals surface area contributed by atoms with Crippen LogP contribution in [0.2, 0.25) is 0 Å². The van der Waals surface area contributed by atoms with Gasteiger partial charge in [-0.05, 0) is 54.0 Å². The number of fused-ring (bicyclic) bond motifs is 1. The van der Waals surface area contributed by atoms with Crippen LogP contribution in [0.25, 0.3) is 11.6 Å². The number of nitrogens with zero attached hydrogens (tertiary/aromatic N) is 1. The zero-order valence-corrected chi connectivity index (χ0v) is 15.6. The minimum atomic E-state index is -1.01. The molecule has 4 rings (SSSR count). The first-order chi connectivity index (χ1) is 14.0. The van der Waals surface area contributed by atoms with E-state index in [1.54, 1.807) is 54.6 Å². The van der Waals surface area contributed by atoms with Gasteiger partial charge in [0.15, 0.2) is 0 Å². The van der Waals surface area contributed by atoms with Gasteiger partial charge < -0.3 is 5.11 Å². The molecule has 1 aliphatic heterocycles. The number of aryl methyl sites for hydroxylation is 1. The van der Waals surface area contributed by atoms with E-state index >= 15 is 0 Å². The second kappa shape index (κ2) is 7.20. The van der Waals surface area contributed by atoms with Crippen LogP contribution in [-0.2, 0) is 4.79 Å². The lowest BCUT2D eigenvalue weighted by atomic mass is 9.91. The van der Waals surface area contributed by atoms with Crippen molar-refractivity contribution in [2.45, 2.75) is 6.92 Å². The van der Waals surface area contributed by atoms with Crippen molar-refractivity contribution in [3.8, 4) is 0 Å². The molecule has 2 amide bonds. The maximum Gasteiger partial charge on any atom is 0.335 e. The summed E-state index contributed by atoms with van der Waals surface area (Å²) >= 11 is 0. The molecule has 5 heteroatoms. The summed E-state index contributed by atoms with van der Waals surface area (Å²) in [4.78, 5) is 38.8. The molecule has 1 heterocycles. The summed E-state index contributed by atoms with van der Waals surface area (Å²) in [5, 5.41) is 9.07. The molecule has 142 valence electrons. The topological polar surface area (TPSA) is 74.7 Å². The van der Waals surface area contributed by atoms with Crippen LogP contribution in [0.1, 0.15) is 37.4 Å². The second-order valence-corrected chi connectivity index (χ2v) is 6.76. The molecule has 1 aliphatic rings. The summed E-state index contributed by atoms with van der Waals surface area (Å²) < 4.78 is 0. The smallest absolute Gasteiger partial charge is 0.335 e. The predicted molar refractivity (Wildman–Crippen MR) is 111 cm³/mol. The number of hydrogen-bond acceptors (Lipinski definition) is 3. The van der Waals surface area contributed by atoms with Crippen molar-refractivity contribution >= 4 is 35.1 Å². The van der Waals surface area contributed by atoms with Gasteiger partial charge in [0.25, 0.3) is 11.8 Å². The van der Waals surface area contributed by atoms with Crippen LogP contribution >= 0.6 is 0 Å². The van der Waals surface area contributed by atoms with Gasteiger partial charge in [-0.1, -0.05) is 48.5 Å². The number of amides is 2. The number of benzene rings is 3. The normalized spacial score (nSPS) is 14.8. The van der Waals surface area contributed by atoms with Crippen molar-refractivity contribution in [2.24, 2.45) is 0 Å². The largest absolute Gasteiger partial charge is 0.478 e. The van der Waals surface area contributed by atoms with Gasteiger partial charge in [-0.2, -0.15) is 0 Å². The van der Waals surface area contributed by atoms with Crippen LogP contribution in [0.3, 0.4) is 0 Å². The van der Waals surface area contributed by atoms with Crippen molar-refractivity contribution in [2.75, 3.05) is 4.90 Å². The van der Waals surface area contributed by atoms with Crippen LogP contribution in [0.5, 0.6) is 0 Å². The van der Waals surface area contributed by atoms with Gasteiger partial charge in [-0.15, -0.1) is 0 Å². The first-order valence-electron chi connectivity index (χ1n) is 9.06. The van der Waals surface area contributed by atoms with Gasteiger partial charge in [0.2, 0.25) is 0 Å². The highest BCUT2D eigenvalue weighted by atomic mass is 16.4. The number of imide groups is 1. The molecule has 3 aromatic carbocycles. The Kier molecular flexibility index (Phi) is 4.56. The van der Waals surface area contributed by atoms with E-state index in [0.29, 0.717) is 28.0 Å². The Morgan fingerprint density at radius 3 is 2.10 bits per heavy atom. The Bertz CT molecular complexity index is 1180. The SMILES string of the molecule is Cc1ccccc1N1C(=O)/C(=C/c2ccc(C(=O)O)cc2)c2ccccc2C1=O. The average molecular weight is 383 g/mol. The Morgan fingerprint density at radius 1 is 0.828 bits per heavy atom. The molecule has 0 saturated heterocycles. The lowest BCUT2D eigenvalue weighted by molar-refractivity contribution is -0.112. The molecule has 0 aromatic heterocycles. The number of rotatable bonds is 3. The molecule has 0 aliphatic carbocycles. The lowest BCUT2D eigenvalue weighted by Crippen LogP contribution is -2.42. The van der Waals surface area contributed by atoms with Gasteiger partial charge in [0.1, 0.15) is 0 Å². The van der Waals surface area contributed by atoms with Crippen LogP contribution in [0.15, 0.2) is 72.8 Å². The summed E-state index contributed by atoms with van der Waals surface area (Å²) in [7, 11) is 0. The highest BCUT2D eigenvalue weighted by Crippen LogP contribution is 2.34. The standard InChI is InChI=1S/C24H17NO4/c1-15-6-2-5-9-21(15)25-22(26)19-8-4-3-7-18(19)20(23(25)27)14-16-10-12-17(13-11-16)24(28)29/h2-14H,1H3,(H,28,29)/b20-14+. The van der Waals surface area contributed by atoms with Crippen LogP contribution in [0.4, 0.5) is 5.69 Å². The van der Waals surface area contributed by atoms with Crippen LogP contribution in [-0.4, -0.2) is 22.9 Å². The third-order valence-corrected chi connectivity index (χ3v) is 4.91. The number of anilines is 1. The molecule has 1 N–H and O–H groups in total. The first kappa shape index (κ1) is 18.4. The van der Waals surface area contributed by atoms with E-state index in [0.717, 1.165) is 5.56 Å². The van der Waals surface area contributed by atoms with Crippen molar-refractivity contribution in [1.82, 2.24) is 0 Å². The van der Waals surface area contributed by atoms with E-state index in [2.05, 4.69) is 0 Å². The maximum absolute atomic E-state index is 13.4. The second-order valence-electron chi connectivity index (χ2n) is 6.76. The van der Waals surface area contributed by atoms with Crippen molar-refractivity contribution in [1.29, 1.82) is 0 Å². The van der Waals surface area contributed by atoms with E-state index in [9.17, 15) is 14.4 Å². The summed E-state index contributed by atoms with van der Waals surface area (Å²) in [6.45, 7) is 1.85. The fourth-order valence-electron chi connectivity index (χ4n) is 3.41. The molecule has 29 heavy (non-hydrogen) atoms. The molecule has 0 radical (unpaired) electrons. The zero-order chi connectivity index (χ0) is 20.5. The van der Waals surface area contributed by atoms with Crippen molar-refractivity contribution in [3.05, 3.63) is 101 Å². The monoisotopic (exact) mass is 383 g/mol. The molecule has 5 nitrogen and oxygen atoms in total. The summed E-state index contributed by atoms with van der Waals surface area (Å²) in [5.41, 5.74) is 3.60. The molecular weight excluding hydrogens is 366 g/mol. The Morgan fingerprint density at radius 2 is 1.45 bits per heavy atom. The third-order valence-electron chi connectivity index (χ3n) is 4.91. The Balaban J connectivity index is 1.87. The molecule has 3 aromatic rings. The molecule has 0 unspecified atom stereocenters. The summed E-state index contributed by atoms with van der Waals surface area (Å²) in [5.74, 6) is -1.79. The van der Waals surface area contributed by atoms with E-state index < -0.39 is 11.9 Å². The van der Waals surface area contributed by atoms with Gasteiger partial charge >= 0.3 is 5.97 Å². The minimum Gasteiger partial charge on any atom is -0.478 e. The summed E-state index contributed by atoms with van der Waals surface area (Å²) in [6, 6.07) is 20.5. The lowest BCUT2D eigenvalue weighted by Gasteiger charge is -2.29. The number of hydrogen-bond donors (Lipinski definition) is 1. The molecular formula is C24H17NO4. The fraction of sp³-hybridized carbons (Fsp3) is 0.0417. The van der Waals surface area contributed by atoms with Crippen LogP contribution < -0.4 is 4.90 Å². The van der Waals surface area contributed by atoms with E-state index in [4.69, 9.17) is 5.11 Å². The van der Waals surface area contributed by atoms with Crippen molar-refractivity contribution < 1.29 is 19.5 Å². The van der Waals surface area contributed by atoms with E-state index in [-0.39, 0.29) is 11.5 Å². The molecule has 0 spiro atoms. The zero-order valence-electron chi connectivity index (χ0n) is 15.6. The maximum atomic E-state index is 13.4. The fourth-order valence-corrected chi connectivity index (χ4v) is 3.41. The minimum absolute atomic E-state index is 0.166. The number of para-hydroxylation sites is 1. The highest BCUT2D eigenvalue weighted by molar-refractivity contribution is 6.43. The first-order valence-corrected chi connectivity index (χ1v) is 9.06. The van der Waals surface area contributed by atoms with Gasteiger partial charge in [0.05, 0.1) is 11.3 Å². The summed E-state index contributed by atoms with van der Waals surface area (Å²) in [6.07, 6.45) is 1.69. The van der Waals surface area contributed by atoms with Crippen LogP contribution in [0, 0.1) is 6.92 Å². The van der Waals surface area contributed by atoms with Crippen molar-refractivity contribution in [3.63, 3.8) is 0 Å². The van der Waals surface area contributed by atoms with Gasteiger partial charge in [-0.3, -0.25) is 9.59 Å². The van der Waals surface area contributed by atoms with E-state index in [1.165, 1.54) is 17.0 Å². The quantitative estimate of drug-likeness (QED) is 0.537. The Labute approximate surface area is 167 Å². The number of aromatic carboxylic acids is 1. The number of carbonyl (C=O) groups excluding carboxylic acids is 2. The molecule has 0 fully saturated rings.